The molecule has 6 nitrogen and oxygen atoms in total. The van der Waals surface area contributed by atoms with Crippen molar-refractivity contribution < 1.29 is 4.74 Å². The van der Waals surface area contributed by atoms with Gasteiger partial charge in [-0.1, -0.05) is 0 Å². The number of aromatic nitrogens is 4. The zero-order valence-electron chi connectivity index (χ0n) is 12.4. The number of hydrogen-bond acceptors (Lipinski definition) is 5. The number of ether oxygens (including phenoxy) is 1. The first kappa shape index (κ1) is 14.0. The molecule has 0 atom stereocenters. The number of hydrogen-bond donors (Lipinski definition) is 0. The van der Waals surface area contributed by atoms with Crippen molar-refractivity contribution in [3.63, 3.8) is 0 Å². The first-order valence-electron chi connectivity index (χ1n) is 7.45. The lowest BCUT2D eigenvalue weighted by Crippen LogP contribution is -2.39. The van der Waals surface area contributed by atoms with Gasteiger partial charge in [-0.15, -0.1) is 10.2 Å². The quantitative estimate of drug-likeness (QED) is 0.834. The van der Waals surface area contributed by atoms with Crippen LogP contribution < -0.4 is 4.74 Å². The molecule has 0 unspecified atom stereocenters. The van der Waals surface area contributed by atoms with Gasteiger partial charge >= 0.3 is 0 Å². The highest BCUT2D eigenvalue weighted by Crippen LogP contribution is 2.17. The second kappa shape index (κ2) is 6.67. The third-order valence-corrected chi connectivity index (χ3v) is 3.94. The van der Waals surface area contributed by atoms with Crippen LogP contribution in [0.5, 0.6) is 5.75 Å². The Morgan fingerprint density at radius 1 is 1.29 bits per heavy atom. The lowest BCUT2D eigenvalue weighted by atomic mass is 10.1. The highest BCUT2D eigenvalue weighted by Gasteiger charge is 2.20. The fourth-order valence-corrected chi connectivity index (χ4v) is 2.64. The minimum Gasteiger partial charge on any atom is -0.489 e. The van der Waals surface area contributed by atoms with Crippen LogP contribution in [0.3, 0.4) is 0 Å². The molecule has 1 aliphatic rings. The molecule has 0 amide bonds. The molecule has 3 rings (SSSR count). The summed E-state index contributed by atoms with van der Waals surface area (Å²) < 4.78 is 8.05. The van der Waals surface area contributed by atoms with Gasteiger partial charge < -0.3 is 14.2 Å². The summed E-state index contributed by atoms with van der Waals surface area (Å²) in [6.07, 6.45) is 7.78. The molecule has 0 saturated carbocycles. The van der Waals surface area contributed by atoms with Crippen molar-refractivity contribution in [3.8, 4) is 5.75 Å². The molecule has 3 heterocycles. The van der Waals surface area contributed by atoms with E-state index in [1.54, 1.807) is 18.7 Å². The number of piperidine rings is 1. The highest BCUT2D eigenvalue weighted by molar-refractivity contribution is 5.15. The van der Waals surface area contributed by atoms with Crippen LogP contribution in [0.25, 0.3) is 0 Å². The Hall–Kier alpha value is -1.95. The van der Waals surface area contributed by atoms with Crippen molar-refractivity contribution in [2.24, 2.45) is 0 Å². The molecular formula is C15H21N5O. The van der Waals surface area contributed by atoms with Crippen LogP contribution >= 0.6 is 0 Å². The maximum absolute atomic E-state index is 5.96. The third kappa shape index (κ3) is 3.78. The third-order valence-electron chi connectivity index (χ3n) is 3.94. The Labute approximate surface area is 124 Å². The highest BCUT2D eigenvalue weighted by atomic mass is 16.5. The predicted octanol–water partition coefficient (Wildman–Crippen LogP) is 1.52. The maximum Gasteiger partial charge on any atom is 0.137 e. The van der Waals surface area contributed by atoms with Gasteiger partial charge in [0.2, 0.25) is 0 Å². The Balaban J connectivity index is 1.42. The van der Waals surface area contributed by atoms with E-state index < -0.39 is 0 Å². The van der Waals surface area contributed by atoms with E-state index in [0.29, 0.717) is 6.10 Å². The smallest absolute Gasteiger partial charge is 0.137 e. The lowest BCUT2D eigenvalue weighted by Gasteiger charge is -2.32. The first-order chi connectivity index (χ1) is 10.3. The first-order valence-corrected chi connectivity index (χ1v) is 7.45. The number of rotatable bonds is 5. The van der Waals surface area contributed by atoms with Crippen LogP contribution in [-0.2, 0) is 6.54 Å². The van der Waals surface area contributed by atoms with Crippen molar-refractivity contribution in [2.45, 2.75) is 32.4 Å². The van der Waals surface area contributed by atoms with Gasteiger partial charge in [-0.3, -0.25) is 4.98 Å². The monoisotopic (exact) mass is 287 g/mol. The molecule has 21 heavy (non-hydrogen) atoms. The summed E-state index contributed by atoms with van der Waals surface area (Å²) in [4.78, 5) is 6.56. The normalized spacial score (nSPS) is 17.0. The minimum atomic E-state index is 0.307. The maximum atomic E-state index is 5.96. The summed E-state index contributed by atoms with van der Waals surface area (Å²) in [7, 11) is 0. The summed E-state index contributed by atoms with van der Waals surface area (Å²) in [5, 5.41) is 7.92. The van der Waals surface area contributed by atoms with Gasteiger partial charge in [-0.2, -0.15) is 0 Å². The van der Waals surface area contributed by atoms with E-state index in [-0.39, 0.29) is 0 Å². The van der Waals surface area contributed by atoms with E-state index in [1.165, 1.54) is 0 Å². The second-order valence-electron chi connectivity index (χ2n) is 5.42. The molecule has 1 saturated heterocycles. The summed E-state index contributed by atoms with van der Waals surface area (Å²) in [5.41, 5.74) is 0. The number of aryl methyl sites for hydroxylation is 1. The van der Waals surface area contributed by atoms with E-state index in [4.69, 9.17) is 4.74 Å². The van der Waals surface area contributed by atoms with Gasteiger partial charge in [-0.25, -0.2) is 0 Å². The van der Waals surface area contributed by atoms with Gasteiger partial charge in [0, 0.05) is 32.4 Å². The summed E-state index contributed by atoms with van der Waals surface area (Å²) in [6, 6.07) is 3.88. The van der Waals surface area contributed by atoms with E-state index in [0.717, 1.165) is 50.6 Å². The average Bonchev–Trinajstić information content (AvgIpc) is 2.93. The Morgan fingerprint density at radius 2 is 2.14 bits per heavy atom. The molecule has 6 heteroatoms. The molecule has 2 aromatic rings. The van der Waals surface area contributed by atoms with Crippen LogP contribution in [0.4, 0.5) is 0 Å². The SMILES string of the molecule is Cc1nncn1CCN1CCC(Oc2cccnc2)CC1. The summed E-state index contributed by atoms with van der Waals surface area (Å²) in [6.45, 7) is 6.13. The van der Waals surface area contributed by atoms with E-state index in [2.05, 4.69) is 24.6 Å². The molecule has 0 aliphatic carbocycles. The molecule has 0 bridgehead atoms. The molecule has 0 spiro atoms. The van der Waals surface area contributed by atoms with Crippen LogP contribution in [0.15, 0.2) is 30.9 Å². The van der Waals surface area contributed by atoms with Crippen LogP contribution in [0.2, 0.25) is 0 Å². The van der Waals surface area contributed by atoms with Crippen LogP contribution in [0.1, 0.15) is 18.7 Å². The van der Waals surface area contributed by atoms with E-state index in [1.807, 2.05) is 19.1 Å². The summed E-state index contributed by atoms with van der Waals surface area (Å²) >= 11 is 0. The van der Waals surface area contributed by atoms with Gasteiger partial charge in [0.15, 0.2) is 0 Å². The molecular weight excluding hydrogens is 266 g/mol. The average molecular weight is 287 g/mol. The number of nitrogens with zero attached hydrogens (tertiary/aromatic N) is 5. The van der Waals surface area contributed by atoms with Gasteiger partial charge in [0.05, 0.1) is 6.20 Å². The Kier molecular flexibility index (Phi) is 4.45. The van der Waals surface area contributed by atoms with Crippen LogP contribution in [0, 0.1) is 6.92 Å². The standard InChI is InChI=1S/C15H21N5O/c1-13-18-17-12-20(13)10-9-19-7-4-14(5-8-19)21-15-3-2-6-16-11-15/h2-3,6,11-12,14H,4-5,7-10H2,1H3. The topological polar surface area (TPSA) is 56.1 Å². The summed E-state index contributed by atoms with van der Waals surface area (Å²) in [5.74, 6) is 1.85. The van der Waals surface area contributed by atoms with E-state index >= 15 is 0 Å². The fourth-order valence-electron chi connectivity index (χ4n) is 2.64. The Morgan fingerprint density at radius 3 is 2.81 bits per heavy atom. The molecule has 2 aromatic heterocycles. The van der Waals surface area contributed by atoms with Gasteiger partial charge in [0.25, 0.3) is 0 Å². The largest absolute Gasteiger partial charge is 0.489 e. The predicted molar refractivity (Wildman–Crippen MR) is 79.1 cm³/mol. The zero-order valence-corrected chi connectivity index (χ0v) is 12.4. The molecule has 0 aromatic carbocycles. The lowest BCUT2D eigenvalue weighted by molar-refractivity contribution is 0.0982. The molecule has 1 aliphatic heterocycles. The van der Waals surface area contributed by atoms with Gasteiger partial charge in [-0.05, 0) is 31.9 Å². The Bertz CT molecular complexity index is 548. The molecule has 0 radical (unpaired) electrons. The molecule has 1 fully saturated rings. The van der Waals surface area contributed by atoms with Crippen molar-refractivity contribution in [1.82, 2.24) is 24.6 Å². The van der Waals surface area contributed by atoms with E-state index in [9.17, 15) is 0 Å². The zero-order chi connectivity index (χ0) is 14.5. The molecule has 0 N–H and O–H groups in total. The van der Waals surface area contributed by atoms with Crippen molar-refractivity contribution in [2.75, 3.05) is 19.6 Å². The fraction of sp³-hybridized carbons (Fsp3) is 0.533. The van der Waals surface area contributed by atoms with Gasteiger partial charge in [0.1, 0.15) is 24.0 Å². The number of pyridine rings is 1. The van der Waals surface area contributed by atoms with Crippen molar-refractivity contribution >= 4 is 0 Å². The van der Waals surface area contributed by atoms with Crippen molar-refractivity contribution in [1.29, 1.82) is 0 Å². The second-order valence-corrected chi connectivity index (χ2v) is 5.42. The minimum absolute atomic E-state index is 0.307. The number of likely N-dealkylation sites (tertiary alicyclic amines) is 1. The van der Waals surface area contributed by atoms with Crippen molar-refractivity contribution in [3.05, 3.63) is 36.7 Å². The molecule has 112 valence electrons. The van der Waals surface area contributed by atoms with Crippen LogP contribution in [-0.4, -0.2) is 50.4 Å².